The molecule has 0 spiro atoms. The van der Waals surface area contributed by atoms with Gasteiger partial charge >= 0.3 is 0 Å². The largest absolute Gasteiger partial charge is 0.229 e. The van der Waals surface area contributed by atoms with Crippen molar-refractivity contribution in [3.8, 4) is 0 Å². The van der Waals surface area contributed by atoms with Crippen molar-refractivity contribution in [2.75, 3.05) is 0 Å². The van der Waals surface area contributed by atoms with Gasteiger partial charge in [0.1, 0.15) is 0 Å². The van der Waals surface area contributed by atoms with Gasteiger partial charge in [0.25, 0.3) is 0 Å². The fourth-order valence-corrected chi connectivity index (χ4v) is 0.834. The molecule has 0 saturated carbocycles. The molecule has 0 aliphatic carbocycles. The molecular formula is C7H13NS. The molecule has 0 unspecified atom stereocenters. The second-order valence-electron chi connectivity index (χ2n) is 2.21. The first-order valence-electron chi connectivity index (χ1n) is 3.38. The Morgan fingerprint density at radius 1 is 1.67 bits per heavy atom. The van der Waals surface area contributed by atoms with Crippen molar-refractivity contribution < 1.29 is 0 Å². The van der Waals surface area contributed by atoms with E-state index in [1.807, 2.05) is 0 Å². The van der Waals surface area contributed by atoms with E-state index in [2.05, 4.69) is 36.2 Å². The molecule has 0 aromatic carbocycles. The van der Waals surface area contributed by atoms with Crippen LogP contribution in [0.25, 0.3) is 0 Å². The number of thiocarbonyl (C=S) groups is 1. The van der Waals surface area contributed by atoms with Gasteiger partial charge in [0.05, 0.1) is 11.2 Å². The smallest absolute Gasteiger partial charge is 0.0587 e. The Bertz CT molecular complexity index is 105. The first-order valence-corrected chi connectivity index (χ1v) is 3.79. The summed E-state index contributed by atoms with van der Waals surface area (Å²) in [5.74, 6) is 0. The van der Waals surface area contributed by atoms with Gasteiger partial charge in [-0.3, -0.25) is 0 Å². The highest BCUT2D eigenvalue weighted by molar-refractivity contribution is 7.78. The highest BCUT2D eigenvalue weighted by Gasteiger charge is 1.94. The van der Waals surface area contributed by atoms with Crippen LogP contribution in [0.15, 0.2) is 4.99 Å². The molecule has 0 aromatic rings. The lowest BCUT2D eigenvalue weighted by Gasteiger charge is -1.99. The SMILES string of the molecule is CCCC[C@@H](C)N=C=S. The van der Waals surface area contributed by atoms with Crippen molar-refractivity contribution in [2.24, 2.45) is 4.99 Å². The summed E-state index contributed by atoms with van der Waals surface area (Å²) in [6.07, 6.45) is 3.61. The fraction of sp³-hybridized carbons (Fsp3) is 0.857. The maximum Gasteiger partial charge on any atom is 0.0587 e. The second-order valence-corrected chi connectivity index (χ2v) is 2.39. The minimum atomic E-state index is 0.377. The zero-order valence-corrected chi connectivity index (χ0v) is 6.87. The van der Waals surface area contributed by atoms with Crippen molar-refractivity contribution in [3.63, 3.8) is 0 Å². The molecule has 0 saturated heterocycles. The standard InChI is InChI=1S/C7H13NS/c1-3-4-5-7(2)8-6-9/h7H,3-5H2,1-2H3/t7-/m1/s1. The summed E-state index contributed by atoms with van der Waals surface area (Å²) in [6.45, 7) is 4.24. The maximum atomic E-state index is 4.46. The third-order valence-corrected chi connectivity index (χ3v) is 1.35. The molecule has 1 nitrogen and oxygen atoms in total. The van der Waals surface area contributed by atoms with Crippen LogP contribution in [0.3, 0.4) is 0 Å². The van der Waals surface area contributed by atoms with Crippen LogP contribution in [-0.4, -0.2) is 11.2 Å². The van der Waals surface area contributed by atoms with E-state index in [1.165, 1.54) is 12.8 Å². The third-order valence-electron chi connectivity index (χ3n) is 1.25. The van der Waals surface area contributed by atoms with Gasteiger partial charge in [-0.25, -0.2) is 4.99 Å². The molecule has 0 N–H and O–H groups in total. The van der Waals surface area contributed by atoms with E-state index in [0.717, 1.165) is 6.42 Å². The van der Waals surface area contributed by atoms with Gasteiger partial charge in [-0.15, -0.1) is 0 Å². The minimum Gasteiger partial charge on any atom is -0.229 e. The molecule has 0 bridgehead atoms. The molecule has 9 heavy (non-hydrogen) atoms. The number of aliphatic imine (C=N–C) groups is 1. The van der Waals surface area contributed by atoms with Crippen molar-refractivity contribution in [1.82, 2.24) is 0 Å². The second kappa shape index (κ2) is 5.93. The Balaban J connectivity index is 3.26. The summed E-state index contributed by atoms with van der Waals surface area (Å²) < 4.78 is 0. The molecular weight excluding hydrogens is 130 g/mol. The van der Waals surface area contributed by atoms with Crippen LogP contribution in [0, 0.1) is 0 Å². The average molecular weight is 143 g/mol. The molecule has 0 aliphatic rings. The molecule has 0 rings (SSSR count). The summed E-state index contributed by atoms with van der Waals surface area (Å²) in [7, 11) is 0. The van der Waals surface area contributed by atoms with E-state index >= 15 is 0 Å². The third kappa shape index (κ3) is 5.67. The van der Waals surface area contributed by atoms with Gasteiger partial charge in [-0.1, -0.05) is 19.8 Å². The monoisotopic (exact) mass is 143 g/mol. The van der Waals surface area contributed by atoms with E-state index in [1.54, 1.807) is 0 Å². The number of rotatable bonds is 4. The summed E-state index contributed by atoms with van der Waals surface area (Å²) in [5.41, 5.74) is 0. The zero-order chi connectivity index (χ0) is 7.11. The Morgan fingerprint density at radius 2 is 2.33 bits per heavy atom. The quantitative estimate of drug-likeness (QED) is 0.435. The predicted octanol–water partition coefficient (Wildman–Crippen LogP) is 2.67. The van der Waals surface area contributed by atoms with E-state index in [9.17, 15) is 0 Å². The zero-order valence-electron chi connectivity index (χ0n) is 6.05. The maximum absolute atomic E-state index is 4.46. The minimum absolute atomic E-state index is 0.377. The molecule has 0 heterocycles. The van der Waals surface area contributed by atoms with E-state index in [4.69, 9.17) is 0 Å². The first-order chi connectivity index (χ1) is 4.31. The lowest BCUT2D eigenvalue weighted by Crippen LogP contribution is -1.95. The summed E-state index contributed by atoms with van der Waals surface area (Å²) in [4.78, 5) is 3.93. The van der Waals surface area contributed by atoms with Crippen LogP contribution in [0.2, 0.25) is 0 Å². The topological polar surface area (TPSA) is 12.4 Å². The molecule has 0 aliphatic heterocycles. The predicted molar refractivity (Wildman–Crippen MR) is 44.0 cm³/mol. The molecule has 0 aromatic heterocycles. The molecule has 0 fully saturated rings. The number of unbranched alkanes of at least 4 members (excludes halogenated alkanes) is 1. The van der Waals surface area contributed by atoms with Crippen LogP contribution in [0.4, 0.5) is 0 Å². The lowest BCUT2D eigenvalue weighted by molar-refractivity contribution is 0.620. The highest BCUT2D eigenvalue weighted by atomic mass is 32.1. The van der Waals surface area contributed by atoms with Crippen LogP contribution >= 0.6 is 12.2 Å². The van der Waals surface area contributed by atoms with Crippen LogP contribution < -0.4 is 0 Å². The van der Waals surface area contributed by atoms with E-state index in [0.29, 0.717) is 6.04 Å². The summed E-state index contributed by atoms with van der Waals surface area (Å²) >= 11 is 4.46. The summed E-state index contributed by atoms with van der Waals surface area (Å²) in [6, 6.07) is 0.377. The molecule has 2 heteroatoms. The number of isothiocyanates is 1. The van der Waals surface area contributed by atoms with Gasteiger partial charge in [0.15, 0.2) is 0 Å². The number of hydrogen-bond acceptors (Lipinski definition) is 2. The van der Waals surface area contributed by atoms with Crippen molar-refractivity contribution in [2.45, 2.75) is 39.2 Å². The Labute approximate surface area is 62.2 Å². The van der Waals surface area contributed by atoms with Gasteiger partial charge in [-0.05, 0) is 25.6 Å². The van der Waals surface area contributed by atoms with Gasteiger partial charge in [0, 0.05) is 0 Å². The first kappa shape index (κ1) is 8.80. The van der Waals surface area contributed by atoms with Gasteiger partial charge in [-0.2, -0.15) is 0 Å². The van der Waals surface area contributed by atoms with Gasteiger partial charge in [0.2, 0.25) is 0 Å². The summed E-state index contributed by atoms with van der Waals surface area (Å²) in [5, 5.41) is 2.38. The van der Waals surface area contributed by atoms with Crippen LogP contribution in [0.1, 0.15) is 33.1 Å². The van der Waals surface area contributed by atoms with Crippen molar-refractivity contribution in [3.05, 3.63) is 0 Å². The molecule has 52 valence electrons. The average Bonchev–Trinajstić information content (AvgIpc) is 1.85. The Hall–Kier alpha value is -0.200. The number of hydrogen-bond donors (Lipinski definition) is 0. The lowest BCUT2D eigenvalue weighted by atomic mass is 10.2. The Kier molecular flexibility index (Phi) is 5.80. The normalized spacial score (nSPS) is 12.2. The number of nitrogens with zero attached hydrogens (tertiary/aromatic N) is 1. The molecule has 0 radical (unpaired) electrons. The van der Waals surface area contributed by atoms with Gasteiger partial charge < -0.3 is 0 Å². The van der Waals surface area contributed by atoms with Crippen molar-refractivity contribution >= 4 is 17.4 Å². The molecule has 0 amide bonds. The highest BCUT2D eigenvalue weighted by Crippen LogP contribution is 2.01. The van der Waals surface area contributed by atoms with Crippen LogP contribution in [0.5, 0.6) is 0 Å². The van der Waals surface area contributed by atoms with Crippen molar-refractivity contribution in [1.29, 1.82) is 0 Å². The van der Waals surface area contributed by atoms with E-state index in [-0.39, 0.29) is 0 Å². The Morgan fingerprint density at radius 3 is 2.78 bits per heavy atom. The van der Waals surface area contributed by atoms with E-state index < -0.39 is 0 Å². The molecule has 1 atom stereocenters. The fourth-order valence-electron chi connectivity index (χ4n) is 0.654. The van der Waals surface area contributed by atoms with Crippen LogP contribution in [-0.2, 0) is 0 Å².